The molecule has 0 radical (unpaired) electrons. The Labute approximate surface area is 125 Å². The van der Waals surface area contributed by atoms with Gasteiger partial charge in [-0.05, 0) is 0 Å². The number of aromatic hydroxyl groups is 2. The largest absolute Gasteiger partial charge is 0.503 e. The molecule has 0 aromatic heterocycles. The van der Waals surface area contributed by atoms with E-state index < -0.39 is 69.7 Å². The fourth-order valence-corrected chi connectivity index (χ4v) is 1.19. The van der Waals surface area contributed by atoms with Gasteiger partial charge in [0.15, 0.2) is 11.5 Å². The van der Waals surface area contributed by atoms with Crippen molar-refractivity contribution < 1.29 is 54.1 Å². The molecule has 24 heavy (non-hydrogen) atoms. The lowest BCUT2D eigenvalue weighted by Crippen LogP contribution is -2.00. The van der Waals surface area contributed by atoms with E-state index in [0.717, 1.165) is 0 Å². The van der Waals surface area contributed by atoms with Crippen LogP contribution in [-0.2, 0) is 0 Å². The molecule has 0 saturated carbocycles. The van der Waals surface area contributed by atoms with Crippen LogP contribution in [0, 0.1) is 58.2 Å². The summed E-state index contributed by atoms with van der Waals surface area (Å²) in [4.78, 5) is 0. The van der Waals surface area contributed by atoms with Crippen LogP contribution in [0.4, 0.5) is 43.9 Å². The summed E-state index contributed by atoms with van der Waals surface area (Å²) in [5.74, 6) is -25.9. The molecule has 12 heteroatoms. The van der Waals surface area contributed by atoms with Crippen LogP contribution in [0.1, 0.15) is 0 Å². The summed E-state index contributed by atoms with van der Waals surface area (Å²) in [6.07, 6.45) is 0. The molecule has 2 aromatic carbocycles. The highest BCUT2D eigenvalue weighted by Crippen LogP contribution is 2.28. The fraction of sp³-hybridized carbons (Fsp3) is 0. The summed E-state index contributed by atoms with van der Waals surface area (Å²) in [6.45, 7) is 0. The Morgan fingerprint density at radius 3 is 0.583 bits per heavy atom. The first-order valence-electron chi connectivity index (χ1n) is 5.34. The van der Waals surface area contributed by atoms with Gasteiger partial charge in [0.2, 0.25) is 58.2 Å². The average molecular weight is 368 g/mol. The molecule has 132 valence electrons. The molecule has 0 spiro atoms. The Balaban J connectivity index is 0.000000240. The van der Waals surface area contributed by atoms with Crippen molar-refractivity contribution in [1.82, 2.24) is 0 Å². The number of rotatable bonds is 0. The zero-order chi connectivity index (χ0) is 18.9. The fourth-order valence-electron chi connectivity index (χ4n) is 1.19. The van der Waals surface area contributed by atoms with Crippen LogP contribution in [0.25, 0.3) is 0 Å². The summed E-state index contributed by atoms with van der Waals surface area (Å²) in [5.41, 5.74) is 0. The SMILES string of the molecule is Oc1c(F)c(F)c(F)c(F)c1F.Oc1c(F)c(F)c(F)c(F)c1F. The smallest absolute Gasteiger partial charge is 0.206 e. The molecular weight excluding hydrogens is 366 g/mol. The van der Waals surface area contributed by atoms with Gasteiger partial charge in [0.25, 0.3) is 0 Å². The van der Waals surface area contributed by atoms with E-state index in [1.165, 1.54) is 0 Å². The molecule has 0 atom stereocenters. The molecular formula is C12H2F10O2. The molecule has 2 N–H and O–H groups in total. The molecule has 0 aliphatic rings. The van der Waals surface area contributed by atoms with Crippen molar-refractivity contribution in [2.75, 3.05) is 0 Å². The summed E-state index contributed by atoms with van der Waals surface area (Å²) >= 11 is 0. The highest BCUT2D eigenvalue weighted by atomic mass is 19.2. The molecule has 0 aliphatic heterocycles. The van der Waals surface area contributed by atoms with Crippen LogP contribution >= 0.6 is 0 Å². The van der Waals surface area contributed by atoms with Gasteiger partial charge >= 0.3 is 0 Å². The maximum absolute atomic E-state index is 12.2. The van der Waals surface area contributed by atoms with Gasteiger partial charge in [-0.1, -0.05) is 0 Å². The zero-order valence-corrected chi connectivity index (χ0v) is 10.7. The first-order chi connectivity index (χ1) is 10.9. The predicted octanol–water partition coefficient (Wildman–Crippen LogP) is 4.18. The first-order valence-corrected chi connectivity index (χ1v) is 5.34. The third-order valence-electron chi connectivity index (χ3n) is 2.37. The van der Waals surface area contributed by atoms with E-state index in [1.807, 2.05) is 0 Å². The second kappa shape index (κ2) is 6.84. The van der Waals surface area contributed by atoms with Crippen molar-refractivity contribution in [2.24, 2.45) is 0 Å². The number of halogens is 10. The molecule has 0 saturated heterocycles. The highest BCUT2D eigenvalue weighted by molar-refractivity contribution is 5.28. The van der Waals surface area contributed by atoms with Crippen molar-refractivity contribution in [3.05, 3.63) is 58.2 Å². The predicted molar refractivity (Wildman–Crippen MR) is 55.8 cm³/mol. The Bertz CT molecular complexity index is 528. The van der Waals surface area contributed by atoms with Gasteiger partial charge in [-0.3, -0.25) is 0 Å². The third kappa shape index (κ3) is 3.16. The quantitative estimate of drug-likeness (QED) is 0.416. The summed E-state index contributed by atoms with van der Waals surface area (Å²) in [5, 5.41) is 16.6. The molecule has 0 bridgehead atoms. The lowest BCUT2D eigenvalue weighted by Gasteiger charge is -2.00. The van der Waals surface area contributed by atoms with E-state index in [-0.39, 0.29) is 0 Å². The van der Waals surface area contributed by atoms with Crippen molar-refractivity contribution in [3.63, 3.8) is 0 Å². The maximum Gasteiger partial charge on any atom is 0.206 e. The number of phenolic OH excluding ortho intramolecular Hbond substituents is 2. The Morgan fingerprint density at radius 2 is 0.417 bits per heavy atom. The van der Waals surface area contributed by atoms with Crippen LogP contribution in [0.3, 0.4) is 0 Å². The third-order valence-corrected chi connectivity index (χ3v) is 2.37. The van der Waals surface area contributed by atoms with Gasteiger partial charge in [-0.2, -0.15) is 17.6 Å². The molecule has 2 nitrogen and oxygen atoms in total. The molecule has 2 aromatic rings. The number of hydrogen-bond acceptors (Lipinski definition) is 2. The molecule has 0 fully saturated rings. The van der Waals surface area contributed by atoms with Crippen LogP contribution in [0.5, 0.6) is 11.5 Å². The molecule has 0 heterocycles. The van der Waals surface area contributed by atoms with Crippen molar-refractivity contribution in [3.8, 4) is 11.5 Å². The molecule has 0 aliphatic carbocycles. The van der Waals surface area contributed by atoms with Gasteiger partial charge < -0.3 is 10.2 Å². The lowest BCUT2D eigenvalue weighted by atomic mass is 10.3. The van der Waals surface area contributed by atoms with Crippen LogP contribution in [-0.4, -0.2) is 10.2 Å². The Kier molecular flexibility index (Phi) is 5.53. The summed E-state index contributed by atoms with van der Waals surface area (Å²) < 4.78 is 121. The monoisotopic (exact) mass is 368 g/mol. The molecule has 0 amide bonds. The average Bonchev–Trinajstić information content (AvgIpc) is 2.58. The summed E-state index contributed by atoms with van der Waals surface area (Å²) in [6, 6.07) is 0. The zero-order valence-electron chi connectivity index (χ0n) is 10.7. The molecule has 2 rings (SSSR count). The van der Waals surface area contributed by atoms with Crippen LogP contribution < -0.4 is 0 Å². The molecule has 0 unspecified atom stereocenters. The Morgan fingerprint density at radius 1 is 0.292 bits per heavy atom. The van der Waals surface area contributed by atoms with E-state index >= 15 is 0 Å². The van der Waals surface area contributed by atoms with Gasteiger partial charge in [0.1, 0.15) is 0 Å². The van der Waals surface area contributed by atoms with Crippen molar-refractivity contribution >= 4 is 0 Å². The first kappa shape index (κ1) is 19.4. The minimum atomic E-state index is -2.29. The Hall–Kier alpha value is -2.66. The maximum atomic E-state index is 12.2. The number of benzene rings is 2. The van der Waals surface area contributed by atoms with Gasteiger partial charge in [-0.25, -0.2) is 26.3 Å². The van der Waals surface area contributed by atoms with E-state index in [9.17, 15) is 43.9 Å². The van der Waals surface area contributed by atoms with Gasteiger partial charge in [-0.15, -0.1) is 0 Å². The van der Waals surface area contributed by atoms with Crippen LogP contribution in [0.15, 0.2) is 0 Å². The van der Waals surface area contributed by atoms with Crippen molar-refractivity contribution in [1.29, 1.82) is 0 Å². The van der Waals surface area contributed by atoms with Crippen LogP contribution in [0.2, 0.25) is 0 Å². The second-order valence-electron chi connectivity index (χ2n) is 3.84. The topological polar surface area (TPSA) is 40.5 Å². The standard InChI is InChI=1S/2C6HF5O/c2*7-1-2(8)4(10)6(12)5(11)3(1)9/h2*12H. The highest BCUT2D eigenvalue weighted by Gasteiger charge is 2.25. The van der Waals surface area contributed by atoms with E-state index in [2.05, 4.69) is 0 Å². The van der Waals surface area contributed by atoms with E-state index in [1.54, 1.807) is 0 Å². The van der Waals surface area contributed by atoms with E-state index in [4.69, 9.17) is 10.2 Å². The normalized spacial score (nSPS) is 10.4. The van der Waals surface area contributed by atoms with Crippen molar-refractivity contribution in [2.45, 2.75) is 0 Å². The van der Waals surface area contributed by atoms with E-state index in [0.29, 0.717) is 0 Å². The lowest BCUT2D eigenvalue weighted by molar-refractivity contribution is 0.325. The van der Waals surface area contributed by atoms with Gasteiger partial charge in [0, 0.05) is 0 Å². The number of hydrogen-bond donors (Lipinski definition) is 2. The second-order valence-corrected chi connectivity index (χ2v) is 3.84. The number of phenols is 2. The summed E-state index contributed by atoms with van der Waals surface area (Å²) in [7, 11) is 0. The van der Waals surface area contributed by atoms with Gasteiger partial charge in [0.05, 0.1) is 0 Å². The minimum absolute atomic E-state index is 1.87. The minimum Gasteiger partial charge on any atom is -0.503 e.